The molecule has 5 rings (SSSR count). The zero-order chi connectivity index (χ0) is 26.8. The van der Waals surface area contributed by atoms with Crippen molar-refractivity contribution in [3.05, 3.63) is 86.8 Å². The van der Waals surface area contributed by atoms with Gasteiger partial charge in [0.15, 0.2) is 10.1 Å². The van der Waals surface area contributed by atoms with E-state index < -0.39 is 5.92 Å². The largest absolute Gasteiger partial charge is 0.384 e. The number of amides is 1. The topological polar surface area (TPSA) is 125 Å². The average molecular weight is 584 g/mol. The van der Waals surface area contributed by atoms with Crippen LogP contribution in [0.2, 0.25) is 10.0 Å². The van der Waals surface area contributed by atoms with E-state index >= 15 is 0 Å². The fourth-order valence-corrected chi connectivity index (χ4v) is 6.51. The molecule has 1 unspecified atom stereocenters. The normalized spacial score (nSPS) is 17.3. The van der Waals surface area contributed by atoms with Crippen molar-refractivity contribution >= 4 is 68.8 Å². The number of nitrogens with zero attached hydrogens (tertiary/aromatic N) is 4. The molecule has 3 aromatic rings. The van der Waals surface area contributed by atoms with Crippen LogP contribution in [-0.4, -0.2) is 27.6 Å². The van der Waals surface area contributed by atoms with Crippen LogP contribution in [0.4, 0.5) is 10.8 Å². The molecule has 1 aromatic heterocycles. The van der Waals surface area contributed by atoms with Crippen LogP contribution in [0.25, 0.3) is 0 Å². The van der Waals surface area contributed by atoms with Crippen molar-refractivity contribution in [3.63, 3.8) is 0 Å². The first-order chi connectivity index (χ1) is 18.4. The number of carbonyl (C=O) groups is 2. The number of halogens is 2. The van der Waals surface area contributed by atoms with Gasteiger partial charge in [0.05, 0.1) is 34.0 Å². The molecule has 0 radical (unpaired) electrons. The third-order valence-corrected chi connectivity index (χ3v) is 8.80. The zero-order valence-corrected chi connectivity index (χ0v) is 22.9. The number of Topliss-reactive ketones (excluding diaryl/α,β-unsaturated/α-hetero) is 1. The molecule has 38 heavy (non-hydrogen) atoms. The standard InChI is InChI=1S/C26H20Cl2N6O2S2/c27-15-10-8-14(9-11-15)22-16(12-29)24(30)34(19-6-3-7-20(35)23(19)22)25-32-33-26(38-25)37-13-21(36)31-18-5-2-1-4-17(18)28/h1-2,4-5,8-11,22H,3,6-7,13,30H2,(H,31,36). The van der Waals surface area contributed by atoms with E-state index in [0.29, 0.717) is 50.0 Å². The second-order valence-electron chi connectivity index (χ2n) is 8.54. The SMILES string of the molecule is N#CC1=C(N)N(c2nnc(SCC(=O)Nc3ccccc3Cl)s2)C2=C(C(=O)CCC2)C1c1ccc(Cl)cc1. The van der Waals surface area contributed by atoms with Crippen molar-refractivity contribution in [2.24, 2.45) is 5.73 Å². The molecule has 0 fully saturated rings. The Balaban J connectivity index is 1.42. The number of benzene rings is 2. The van der Waals surface area contributed by atoms with Gasteiger partial charge < -0.3 is 11.1 Å². The van der Waals surface area contributed by atoms with Crippen LogP contribution >= 0.6 is 46.3 Å². The van der Waals surface area contributed by atoms with Crippen molar-refractivity contribution in [1.29, 1.82) is 5.26 Å². The Morgan fingerprint density at radius 2 is 1.95 bits per heavy atom. The van der Waals surface area contributed by atoms with Crippen LogP contribution < -0.4 is 16.0 Å². The number of nitrogens with one attached hydrogen (secondary N) is 1. The van der Waals surface area contributed by atoms with E-state index in [1.54, 1.807) is 41.3 Å². The predicted molar refractivity (Wildman–Crippen MR) is 150 cm³/mol. The van der Waals surface area contributed by atoms with Crippen molar-refractivity contribution in [2.75, 3.05) is 16.0 Å². The van der Waals surface area contributed by atoms with E-state index in [0.717, 1.165) is 11.3 Å². The number of allylic oxidation sites excluding steroid dienone is 3. The van der Waals surface area contributed by atoms with Crippen LogP contribution in [0.1, 0.15) is 30.7 Å². The van der Waals surface area contributed by atoms with Gasteiger partial charge in [0.1, 0.15) is 5.82 Å². The maximum absolute atomic E-state index is 13.2. The maximum Gasteiger partial charge on any atom is 0.234 e. The molecule has 0 bridgehead atoms. The van der Waals surface area contributed by atoms with Gasteiger partial charge in [-0.25, -0.2) is 0 Å². The van der Waals surface area contributed by atoms with Crippen LogP contribution in [0.3, 0.4) is 0 Å². The lowest BCUT2D eigenvalue weighted by Crippen LogP contribution is -2.38. The number of thioether (sulfide) groups is 1. The summed E-state index contributed by atoms with van der Waals surface area (Å²) in [5.74, 6) is -0.527. The van der Waals surface area contributed by atoms with E-state index in [1.165, 1.54) is 23.1 Å². The van der Waals surface area contributed by atoms with E-state index in [1.807, 2.05) is 12.1 Å². The summed E-state index contributed by atoms with van der Waals surface area (Å²) in [6, 6.07) is 16.3. The van der Waals surface area contributed by atoms with Crippen molar-refractivity contribution in [1.82, 2.24) is 10.2 Å². The van der Waals surface area contributed by atoms with Crippen LogP contribution in [0.5, 0.6) is 0 Å². The zero-order valence-electron chi connectivity index (χ0n) is 19.8. The molecule has 0 spiro atoms. The fraction of sp³-hybridized carbons (Fsp3) is 0.192. The molecule has 2 aliphatic rings. The lowest BCUT2D eigenvalue weighted by atomic mass is 9.76. The van der Waals surface area contributed by atoms with Gasteiger partial charge in [0.25, 0.3) is 0 Å². The molecule has 192 valence electrons. The summed E-state index contributed by atoms with van der Waals surface area (Å²) in [6.07, 6.45) is 1.67. The highest BCUT2D eigenvalue weighted by atomic mass is 35.5. The number of nitrogens with two attached hydrogens (primary N) is 1. The Hall–Kier alpha value is -3.36. The molecule has 1 atom stereocenters. The Labute approximate surface area is 237 Å². The highest BCUT2D eigenvalue weighted by Gasteiger charge is 2.41. The number of hydrogen-bond donors (Lipinski definition) is 2. The van der Waals surface area contributed by atoms with Gasteiger partial charge in [0.2, 0.25) is 11.0 Å². The highest BCUT2D eigenvalue weighted by Crippen LogP contribution is 2.47. The van der Waals surface area contributed by atoms with E-state index in [4.69, 9.17) is 28.9 Å². The van der Waals surface area contributed by atoms with Gasteiger partial charge in [-0.05, 0) is 42.7 Å². The number of aromatic nitrogens is 2. The summed E-state index contributed by atoms with van der Waals surface area (Å²) in [4.78, 5) is 27.3. The first kappa shape index (κ1) is 26.3. The van der Waals surface area contributed by atoms with Crippen molar-refractivity contribution in [2.45, 2.75) is 29.5 Å². The molecule has 1 amide bonds. The molecular formula is C26H20Cl2N6O2S2. The monoisotopic (exact) mass is 582 g/mol. The third-order valence-electron chi connectivity index (χ3n) is 6.18. The minimum Gasteiger partial charge on any atom is -0.384 e. The van der Waals surface area contributed by atoms with Gasteiger partial charge in [0, 0.05) is 22.7 Å². The number of hydrogen-bond acceptors (Lipinski definition) is 9. The summed E-state index contributed by atoms with van der Waals surface area (Å²) in [7, 11) is 0. The Kier molecular flexibility index (Phi) is 7.72. The number of rotatable bonds is 6. The fourth-order valence-electron chi connectivity index (χ4n) is 4.52. The van der Waals surface area contributed by atoms with Crippen LogP contribution in [-0.2, 0) is 9.59 Å². The Bertz CT molecular complexity index is 1530. The van der Waals surface area contributed by atoms with Gasteiger partial charge >= 0.3 is 0 Å². The van der Waals surface area contributed by atoms with E-state index in [-0.39, 0.29) is 28.8 Å². The van der Waals surface area contributed by atoms with Crippen LogP contribution in [0.15, 0.2) is 75.5 Å². The molecule has 0 saturated carbocycles. The second-order valence-corrected chi connectivity index (χ2v) is 11.6. The molecule has 2 aromatic carbocycles. The Morgan fingerprint density at radius 3 is 2.68 bits per heavy atom. The molecule has 8 nitrogen and oxygen atoms in total. The van der Waals surface area contributed by atoms with Crippen molar-refractivity contribution in [3.8, 4) is 6.07 Å². The molecular weight excluding hydrogens is 563 g/mol. The molecule has 1 aliphatic carbocycles. The summed E-state index contributed by atoms with van der Waals surface area (Å²) in [6.45, 7) is 0. The van der Waals surface area contributed by atoms with E-state index in [2.05, 4.69) is 21.6 Å². The smallest absolute Gasteiger partial charge is 0.234 e. The number of anilines is 2. The van der Waals surface area contributed by atoms with Crippen LogP contribution in [0, 0.1) is 11.3 Å². The summed E-state index contributed by atoms with van der Waals surface area (Å²) < 4.78 is 0.546. The number of nitriles is 1. The summed E-state index contributed by atoms with van der Waals surface area (Å²) in [5.41, 5.74) is 9.42. The first-order valence-corrected chi connectivity index (χ1v) is 14.2. The quantitative estimate of drug-likeness (QED) is 0.345. The summed E-state index contributed by atoms with van der Waals surface area (Å²) in [5, 5.41) is 22.8. The Morgan fingerprint density at radius 1 is 1.18 bits per heavy atom. The lowest BCUT2D eigenvalue weighted by Gasteiger charge is -2.38. The molecule has 1 aliphatic heterocycles. The molecule has 0 saturated heterocycles. The predicted octanol–water partition coefficient (Wildman–Crippen LogP) is 5.88. The van der Waals surface area contributed by atoms with Crippen molar-refractivity contribution < 1.29 is 9.59 Å². The molecule has 12 heteroatoms. The lowest BCUT2D eigenvalue weighted by molar-refractivity contribution is -0.116. The molecule has 2 heterocycles. The number of para-hydroxylation sites is 1. The maximum atomic E-state index is 13.2. The first-order valence-electron chi connectivity index (χ1n) is 11.6. The van der Waals surface area contributed by atoms with Gasteiger partial charge in [-0.1, -0.05) is 70.6 Å². The van der Waals surface area contributed by atoms with Gasteiger partial charge in [-0.2, -0.15) is 5.26 Å². The highest BCUT2D eigenvalue weighted by molar-refractivity contribution is 8.01. The van der Waals surface area contributed by atoms with Gasteiger partial charge in [-0.15, -0.1) is 10.2 Å². The number of ketones is 1. The second kappa shape index (κ2) is 11.2. The minimum atomic E-state index is -0.577. The molecule has 3 N–H and O–H groups in total. The number of carbonyl (C=O) groups excluding carboxylic acids is 2. The van der Waals surface area contributed by atoms with Gasteiger partial charge in [-0.3, -0.25) is 14.5 Å². The average Bonchev–Trinajstić information content (AvgIpc) is 3.37. The van der Waals surface area contributed by atoms with E-state index in [9.17, 15) is 14.9 Å². The third kappa shape index (κ3) is 5.15. The summed E-state index contributed by atoms with van der Waals surface area (Å²) >= 11 is 14.6. The minimum absolute atomic E-state index is 0.0215.